The first-order valence-electron chi connectivity index (χ1n) is 11.1. The number of benzene rings is 1. The molecule has 11 heteroatoms. The van der Waals surface area contributed by atoms with Gasteiger partial charge in [0.25, 0.3) is 0 Å². The van der Waals surface area contributed by atoms with E-state index in [4.69, 9.17) is 13.8 Å². The van der Waals surface area contributed by atoms with Gasteiger partial charge in [0.15, 0.2) is 6.10 Å². The Hall–Kier alpha value is -2.26. The number of methoxy groups -OCH3 is 1. The van der Waals surface area contributed by atoms with Crippen LogP contribution in [-0.4, -0.2) is 55.9 Å². The second-order valence-corrected chi connectivity index (χ2v) is 11.5. The predicted octanol–water partition coefficient (Wildman–Crippen LogP) is 2.76. The van der Waals surface area contributed by atoms with Crippen LogP contribution in [0.2, 0.25) is 0 Å². The van der Waals surface area contributed by atoms with Crippen LogP contribution in [-0.2, 0) is 43.9 Å². The van der Waals surface area contributed by atoms with E-state index >= 15 is 0 Å². The summed E-state index contributed by atoms with van der Waals surface area (Å²) in [6, 6.07) is 8.12. The molecule has 1 saturated heterocycles. The molecule has 1 aromatic carbocycles. The molecule has 190 valence electrons. The van der Waals surface area contributed by atoms with E-state index in [0.29, 0.717) is 0 Å². The maximum absolute atomic E-state index is 13.5. The Labute approximate surface area is 200 Å². The molecular formula is C23H35N2O8P. The molecule has 0 aliphatic carbocycles. The van der Waals surface area contributed by atoms with Gasteiger partial charge in [-0.05, 0) is 32.8 Å². The van der Waals surface area contributed by atoms with Crippen LogP contribution in [0.5, 0.6) is 0 Å². The van der Waals surface area contributed by atoms with Crippen LogP contribution in [0.15, 0.2) is 30.3 Å². The molecule has 1 unspecified atom stereocenters. The zero-order valence-electron chi connectivity index (χ0n) is 20.6. The summed E-state index contributed by atoms with van der Waals surface area (Å²) in [5.41, 5.74) is -0.765. The quantitative estimate of drug-likeness (QED) is 0.390. The van der Waals surface area contributed by atoms with Gasteiger partial charge < -0.3 is 14.8 Å². The normalized spacial score (nSPS) is 22.9. The molecule has 3 atom stereocenters. The fraction of sp³-hybridized carbons (Fsp3) is 0.609. The molecule has 10 nitrogen and oxygen atoms in total. The summed E-state index contributed by atoms with van der Waals surface area (Å²) in [5.74, 6) is -1.64. The molecular weight excluding hydrogens is 463 g/mol. The number of ether oxygens (including phenoxy) is 2. The number of rotatable bonds is 9. The molecule has 2 N–H and O–H groups in total. The molecule has 1 aliphatic rings. The standard InChI is InChI=1S/C23H35N2O8P/c1-22(2,3)32-21(28)17(14-16-10-8-7-9-11-16)25-34(29)31-15-23(4,5)19(33-34)20(27)24-13-12-18(26)30-6/h7-11,17,19H,12-15H2,1-6H3,(H,24,27)(H,25,29)/t17-,19-,34?/m0/s1. The number of esters is 2. The molecule has 0 spiro atoms. The number of nitrogens with one attached hydrogen (secondary N) is 2. The Morgan fingerprint density at radius 1 is 1.21 bits per heavy atom. The lowest BCUT2D eigenvalue weighted by molar-refractivity contribution is -0.157. The van der Waals surface area contributed by atoms with E-state index in [2.05, 4.69) is 15.1 Å². The van der Waals surface area contributed by atoms with E-state index in [1.165, 1.54) is 7.11 Å². The molecule has 0 saturated carbocycles. The molecule has 1 heterocycles. The maximum Gasteiger partial charge on any atom is 0.407 e. The van der Waals surface area contributed by atoms with Gasteiger partial charge in [-0.25, -0.2) is 9.65 Å². The first-order chi connectivity index (χ1) is 15.7. The van der Waals surface area contributed by atoms with Crippen molar-refractivity contribution in [2.75, 3.05) is 20.3 Å². The Kier molecular flexibility index (Phi) is 9.42. The van der Waals surface area contributed by atoms with Crippen molar-refractivity contribution in [1.29, 1.82) is 0 Å². The van der Waals surface area contributed by atoms with E-state index in [1.54, 1.807) is 34.6 Å². The first kappa shape index (κ1) is 28.0. The summed E-state index contributed by atoms with van der Waals surface area (Å²) >= 11 is 0. The lowest BCUT2D eigenvalue weighted by atomic mass is 9.87. The Balaban J connectivity index is 2.18. The van der Waals surface area contributed by atoms with Gasteiger partial charge in [-0.2, -0.15) is 0 Å². The third-order valence-electron chi connectivity index (χ3n) is 4.94. The van der Waals surface area contributed by atoms with Gasteiger partial charge in [-0.15, -0.1) is 0 Å². The molecule has 1 amide bonds. The summed E-state index contributed by atoms with van der Waals surface area (Å²) in [7, 11) is -2.82. The highest BCUT2D eigenvalue weighted by atomic mass is 31.2. The van der Waals surface area contributed by atoms with E-state index in [1.807, 2.05) is 30.3 Å². The lowest BCUT2D eigenvalue weighted by Gasteiger charge is -2.41. The van der Waals surface area contributed by atoms with Crippen LogP contribution in [0.1, 0.15) is 46.6 Å². The Morgan fingerprint density at radius 3 is 2.44 bits per heavy atom. The van der Waals surface area contributed by atoms with Gasteiger partial charge in [-0.3, -0.25) is 23.4 Å². The Morgan fingerprint density at radius 2 is 1.85 bits per heavy atom. The maximum atomic E-state index is 13.5. The zero-order chi connectivity index (χ0) is 25.6. The molecule has 0 aromatic heterocycles. The minimum absolute atomic E-state index is 0.0143. The largest absolute Gasteiger partial charge is 0.469 e. The molecule has 1 fully saturated rings. The van der Waals surface area contributed by atoms with Crippen molar-refractivity contribution < 1.29 is 37.5 Å². The molecule has 0 radical (unpaired) electrons. The van der Waals surface area contributed by atoms with Crippen LogP contribution in [0.3, 0.4) is 0 Å². The van der Waals surface area contributed by atoms with Crippen LogP contribution in [0.25, 0.3) is 0 Å². The van der Waals surface area contributed by atoms with E-state index in [9.17, 15) is 18.9 Å². The van der Waals surface area contributed by atoms with Crippen molar-refractivity contribution in [3.05, 3.63) is 35.9 Å². The van der Waals surface area contributed by atoms with Crippen molar-refractivity contribution in [2.45, 2.75) is 65.2 Å². The van der Waals surface area contributed by atoms with Crippen molar-refractivity contribution in [3.8, 4) is 0 Å². The first-order valence-corrected chi connectivity index (χ1v) is 12.6. The molecule has 2 rings (SSSR count). The summed E-state index contributed by atoms with van der Waals surface area (Å²) in [6.07, 6.45) is -0.987. The summed E-state index contributed by atoms with van der Waals surface area (Å²) in [6.45, 7) is 8.65. The summed E-state index contributed by atoms with van der Waals surface area (Å²) < 4.78 is 34.8. The summed E-state index contributed by atoms with van der Waals surface area (Å²) in [4.78, 5) is 37.0. The van der Waals surface area contributed by atoms with Crippen molar-refractivity contribution >= 4 is 25.6 Å². The van der Waals surface area contributed by atoms with Gasteiger partial charge in [-0.1, -0.05) is 44.2 Å². The monoisotopic (exact) mass is 498 g/mol. The topological polar surface area (TPSA) is 129 Å². The van der Waals surface area contributed by atoms with E-state index in [0.717, 1.165) is 5.56 Å². The second kappa shape index (κ2) is 11.4. The zero-order valence-corrected chi connectivity index (χ0v) is 21.5. The Bertz CT molecular complexity index is 913. The number of amides is 1. The highest BCUT2D eigenvalue weighted by Gasteiger charge is 2.49. The van der Waals surface area contributed by atoms with Crippen LogP contribution >= 0.6 is 7.75 Å². The number of carbonyl (C=O) groups excluding carboxylic acids is 3. The van der Waals surface area contributed by atoms with Gasteiger partial charge in [0.05, 0.1) is 20.1 Å². The third kappa shape index (κ3) is 8.51. The molecule has 1 aliphatic heterocycles. The predicted molar refractivity (Wildman–Crippen MR) is 125 cm³/mol. The van der Waals surface area contributed by atoms with Crippen LogP contribution < -0.4 is 10.4 Å². The van der Waals surface area contributed by atoms with Crippen molar-refractivity contribution in [3.63, 3.8) is 0 Å². The van der Waals surface area contributed by atoms with Crippen molar-refractivity contribution in [2.24, 2.45) is 5.41 Å². The van der Waals surface area contributed by atoms with E-state index in [-0.39, 0.29) is 26.0 Å². The van der Waals surface area contributed by atoms with Crippen LogP contribution in [0.4, 0.5) is 0 Å². The fourth-order valence-corrected chi connectivity index (χ4v) is 5.12. The average molecular weight is 499 g/mol. The molecule has 34 heavy (non-hydrogen) atoms. The van der Waals surface area contributed by atoms with Gasteiger partial charge in [0, 0.05) is 12.0 Å². The molecule has 1 aromatic rings. The summed E-state index contributed by atoms with van der Waals surface area (Å²) in [5, 5.41) is 5.29. The smallest absolute Gasteiger partial charge is 0.407 e. The van der Waals surface area contributed by atoms with Gasteiger partial charge >= 0.3 is 19.7 Å². The number of carbonyl (C=O) groups is 3. The highest BCUT2D eigenvalue weighted by Crippen LogP contribution is 2.53. The minimum Gasteiger partial charge on any atom is -0.469 e. The number of hydrogen-bond acceptors (Lipinski definition) is 8. The SMILES string of the molecule is COC(=O)CCNC(=O)[C@@H]1OP(=O)(N[C@@H](Cc2ccccc2)C(=O)OC(C)(C)C)OCC1(C)C. The second-order valence-electron chi connectivity index (χ2n) is 9.77. The highest BCUT2D eigenvalue weighted by molar-refractivity contribution is 7.51. The van der Waals surface area contributed by atoms with Crippen LogP contribution in [0, 0.1) is 5.41 Å². The average Bonchev–Trinajstić information content (AvgIpc) is 2.74. The minimum atomic E-state index is -4.08. The van der Waals surface area contributed by atoms with E-state index < -0.39 is 48.8 Å². The number of hydrogen-bond donors (Lipinski definition) is 2. The van der Waals surface area contributed by atoms with Crippen molar-refractivity contribution in [1.82, 2.24) is 10.4 Å². The van der Waals surface area contributed by atoms with Gasteiger partial charge in [0.2, 0.25) is 5.91 Å². The third-order valence-corrected chi connectivity index (χ3v) is 6.53. The lowest BCUT2D eigenvalue weighted by Crippen LogP contribution is -2.52. The van der Waals surface area contributed by atoms with Gasteiger partial charge in [0.1, 0.15) is 11.6 Å². The fourth-order valence-electron chi connectivity index (χ4n) is 3.19. The molecule has 0 bridgehead atoms.